The number of non-ortho nitro benzene ring substituents is 1. The molecular formula is C20H16BrN3O4S. The van der Waals surface area contributed by atoms with Gasteiger partial charge in [-0.15, -0.1) is 0 Å². The smallest absolute Gasteiger partial charge is 0.271 e. The Kier molecular flexibility index (Phi) is 5.68. The minimum Gasteiger partial charge on any atom is -0.453 e. The highest BCUT2D eigenvalue weighted by Crippen LogP contribution is 2.33. The van der Waals surface area contributed by atoms with E-state index >= 15 is 0 Å². The Balaban J connectivity index is 2.21. The third kappa shape index (κ3) is 4.44. The van der Waals surface area contributed by atoms with Crippen LogP contribution >= 0.6 is 15.9 Å². The predicted molar refractivity (Wildman–Crippen MR) is 115 cm³/mol. The molecule has 0 aliphatic carbocycles. The zero-order valence-corrected chi connectivity index (χ0v) is 18.2. The van der Waals surface area contributed by atoms with Crippen LogP contribution in [0, 0.1) is 21.4 Å². The van der Waals surface area contributed by atoms with Crippen LogP contribution in [0.4, 0.5) is 5.69 Å². The molecule has 3 rings (SSSR count). The highest BCUT2D eigenvalue weighted by molar-refractivity contribution is 9.10. The Bertz CT molecular complexity index is 1200. The zero-order valence-electron chi connectivity index (χ0n) is 15.8. The lowest BCUT2D eigenvalue weighted by Gasteiger charge is -2.14. The summed E-state index contributed by atoms with van der Waals surface area (Å²) in [6, 6.07) is 13.1. The molecule has 29 heavy (non-hydrogen) atoms. The van der Waals surface area contributed by atoms with Crippen molar-refractivity contribution in [2.75, 3.05) is 0 Å². The molecule has 0 aliphatic heterocycles. The lowest BCUT2D eigenvalue weighted by atomic mass is 10.1. The number of fused-ring (bicyclic) bond motifs is 1. The van der Waals surface area contributed by atoms with E-state index < -0.39 is 20.7 Å². The van der Waals surface area contributed by atoms with Crippen molar-refractivity contribution < 1.29 is 13.5 Å². The number of hydrogen-bond donors (Lipinski definition) is 0. The number of furan rings is 1. The van der Waals surface area contributed by atoms with Crippen molar-refractivity contribution in [3.63, 3.8) is 0 Å². The fourth-order valence-corrected chi connectivity index (χ4v) is 3.66. The summed E-state index contributed by atoms with van der Waals surface area (Å²) in [4.78, 5) is 10.7. The Hall–Kier alpha value is -2.83. The molecule has 7 nitrogen and oxygen atoms in total. The number of halogens is 1. The highest BCUT2D eigenvalue weighted by atomic mass is 79.9. The van der Waals surface area contributed by atoms with Gasteiger partial charge in [0.15, 0.2) is 5.76 Å². The van der Waals surface area contributed by atoms with Crippen LogP contribution in [0.15, 0.2) is 55.8 Å². The van der Waals surface area contributed by atoms with Gasteiger partial charge in [-0.3, -0.25) is 10.1 Å². The maximum Gasteiger partial charge on any atom is 0.271 e. The van der Waals surface area contributed by atoms with Gasteiger partial charge in [0.1, 0.15) is 22.3 Å². The fraction of sp³-hybridized carbons (Fsp3) is 0.200. The Morgan fingerprint density at radius 3 is 2.45 bits per heavy atom. The summed E-state index contributed by atoms with van der Waals surface area (Å²) >= 11 is 3.30. The van der Waals surface area contributed by atoms with E-state index in [0.717, 1.165) is 0 Å². The first-order chi connectivity index (χ1) is 13.6. The number of nitro groups is 1. The number of nitrogens with zero attached hydrogens (tertiary/aromatic N) is 3. The van der Waals surface area contributed by atoms with Gasteiger partial charge < -0.3 is 4.42 Å². The summed E-state index contributed by atoms with van der Waals surface area (Å²) in [6.45, 7) is 5.42. The van der Waals surface area contributed by atoms with Crippen molar-refractivity contribution in [2.45, 2.75) is 25.5 Å². The second-order valence-corrected chi connectivity index (χ2v) is 9.96. The van der Waals surface area contributed by atoms with Gasteiger partial charge in [0.25, 0.3) is 5.69 Å². The van der Waals surface area contributed by atoms with Gasteiger partial charge >= 0.3 is 0 Å². The molecule has 0 N–H and O–H groups in total. The quantitative estimate of drug-likeness (QED) is 0.291. The molecule has 1 aromatic heterocycles. The molecule has 0 aliphatic rings. The molecule has 0 radical (unpaired) electrons. The molecule has 1 heterocycles. The first-order valence-corrected chi connectivity index (χ1v) is 10.4. The summed E-state index contributed by atoms with van der Waals surface area (Å²) in [5, 5.41) is 20.7. The molecule has 3 aromatic rings. The Morgan fingerprint density at radius 2 is 1.90 bits per heavy atom. The Labute approximate surface area is 177 Å². The minimum absolute atomic E-state index is 0.0770. The van der Waals surface area contributed by atoms with Crippen LogP contribution < -0.4 is 0 Å². The third-order valence-electron chi connectivity index (χ3n) is 3.99. The normalized spacial score (nSPS) is 13.3. The lowest BCUT2D eigenvalue weighted by molar-refractivity contribution is -0.384. The molecule has 0 saturated carbocycles. The average Bonchev–Trinajstić information content (AvgIpc) is 3.09. The van der Waals surface area contributed by atoms with Gasteiger partial charge in [0.05, 0.1) is 25.8 Å². The zero-order chi connectivity index (χ0) is 21.3. The van der Waals surface area contributed by atoms with E-state index in [1.807, 2.05) is 20.8 Å². The van der Waals surface area contributed by atoms with Gasteiger partial charge in [-0.2, -0.15) is 9.66 Å². The number of nitro benzene ring substituents is 1. The van der Waals surface area contributed by atoms with E-state index in [4.69, 9.17) is 9.68 Å². The third-order valence-corrected chi connectivity index (χ3v) is 5.97. The second-order valence-electron chi connectivity index (χ2n) is 7.20. The first-order valence-electron chi connectivity index (χ1n) is 8.49. The SMILES string of the molecule is CC(C)(C)S(=O)N=C(c1ccc(C#N)cc1)c1cc2cc([N+](=O)[O-])cc(Br)c2o1. The summed E-state index contributed by atoms with van der Waals surface area (Å²) in [7, 11) is -1.57. The van der Waals surface area contributed by atoms with E-state index in [0.29, 0.717) is 38.0 Å². The van der Waals surface area contributed by atoms with Gasteiger partial charge in [0, 0.05) is 23.1 Å². The van der Waals surface area contributed by atoms with Crippen LogP contribution in [0.25, 0.3) is 11.0 Å². The van der Waals surface area contributed by atoms with Gasteiger partial charge in [-0.1, -0.05) is 12.1 Å². The van der Waals surface area contributed by atoms with Gasteiger partial charge in [-0.25, -0.2) is 4.21 Å². The molecule has 1 atom stereocenters. The maximum absolute atomic E-state index is 12.7. The van der Waals surface area contributed by atoms with E-state index in [9.17, 15) is 14.3 Å². The molecular weight excluding hydrogens is 458 g/mol. The molecule has 0 saturated heterocycles. The van der Waals surface area contributed by atoms with Gasteiger partial charge in [0.2, 0.25) is 0 Å². The van der Waals surface area contributed by atoms with Crippen molar-refractivity contribution in [1.82, 2.24) is 0 Å². The van der Waals surface area contributed by atoms with E-state index in [2.05, 4.69) is 26.4 Å². The summed E-state index contributed by atoms with van der Waals surface area (Å²) in [5.74, 6) is 0.323. The number of rotatable bonds is 4. The molecule has 0 bridgehead atoms. The summed E-state index contributed by atoms with van der Waals surface area (Å²) < 4.78 is 22.9. The highest BCUT2D eigenvalue weighted by Gasteiger charge is 2.23. The predicted octanol–water partition coefficient (Wildman–Crippen LogP) is 5.27. The monoisotopic (exact) mass is 473 g/mol. The van der Waals surface area contributed by atoms with E-state index in [1.165, 1.54) is 12.1 Å². The molecule has 0 spiro atoms. The molecule has 0 fully saturated rings. The molecule has 148 valence electrons. The van der Waals surface area contributed by atoms with Crippen LogP contribution in [0.2, 0.25) is 0 Å². The summed E-state index contributed by atoms with van der Waals surface area (Å²) in [6.07, 6.45) is 0. The summed E-state index contributed by atoms with van der Waals surface area (Å²) in [5.41, 5.74) is 1.79. The van der Waals surface area contributed by atoms with Crippen molar-refractivity contribution in [3.05, 3.63) is 73.9 Å². The van der Waals surface area contributed by atoms with Crippen LogP contribution in [-0.2, 0) is 11.0 Å². The first kappa shape index (κ1) is 20.9. The fourth-order valence-electron chi connectivity index (χ4n) is 2.48. The largest absolute Gasteiger partial charge is 0.453 e. The number of hydrogen-bond acceptors (Lipinski definition) is 5. The standard InChI is InChI=1S/C20H16BrN3O4S/c1-20(2,3)29(27)23-18(13-6-4-12(11-22)5-7-13)17-9-14-8-15(24(25)26)10-16(21)19(14)28-17/h4-10H,1-3H3. The lowest BCUT2D eigenvalue weighted by Crippen LogP contribution is -2.21. The van der Waals surface area contributed by atoms with Crippen molar-refractivity contribution in [1.29, 1.82) is 5.26 Å². The van der Waals surface area contributed by atoms with Gasteiger partial charge in [-0.05, 0) is 54.9 Å². The maximum atomic E-state index is 12.7. The molecule has 0 amide bonds. The number of benzene rings is 2. The topological polar surface area (TPSA) is 110 Å². The van der Waals surface area contributed by atoms with Crippen molar-refractivity contribution in [2.24, 2.45) is 4.40 Å². The van der Waals surface area contributed by atoms with Crippen molar-refractivity contribution in [3.8, 4) is 6.07 Å². The van der Waals surface area contributed by atoms with Crippen LogP contribution in [0.3, 0.4) is 0 Å². The number of nitriles is 1. The van der Waals surface area contributed by atoms with E-state index in [1.54, 1.807) is 30.3 Å². The molecule has 2 aromatic carbocycles. The average molecular weight is 474 g/mol. The van der Waals surface area contributed by atoms with Crippen molar-refractivity contribution >= 4 is 49.3 Å². The van der Waals surface area contributed by atoms with Crippen LogP contribution in [-0.4, -0.2) is 19.6 Å². The molecule has 9 heteroatoms. The second kappa shape index (κ2) is 7.89. The molecule has 1 unspecified atom stereocenters. The van der Waals surface area contributed by atoms with E-state index in [-0.39, 0.29) is 5.69 Å². The van der Waals surface area contributed by atoms with Crippen LogP contribution in [0.1, 0.15) is 37.7 Å². The van der Waals surface area contributed by atoms with Crippen LogP contribution in [0.5, 0.6) is 0 Å². The Morgan fingerprint density at radius 1 is 1.24 bits per heavy atom. The minimum atomic E-state index is -1.57.